The Hall–Kier alpha value is -3.77. The molecule has 0 aliphatic carbocycles. The molecule has 0 aliphatic heterocycles. The monoisotopic (exact) mass is 471 g/mol. The molecule has 0 fully saturated rings. The molecule has 6 nitrogen and oxygen atoms in total. The second kappa shape index (κ2) is 10.9. The molecule has 0 radical (unpaired) electrons. The zero-order chi connectivity index (χ0) is 23.9. The van der Waals surface area contributed by atoms with Gasteiger partial charge in [0.25, 0.3) is 0 Å². The van der Waals surface area contributed by atoms with E-state index in [1.54, 1.807) is 42.7 Å². The molecule has 0 amide bonds. The van der Waals surface area contributed by atoms with Crippen LogP contribution in [-0.2, 0) is 17.8 Å². The Labute approximate surface area is 199 Å². The molecule has 4 aromatic rings. The summed E-state index contributed by atoms with van der Waals surface area (Å²) in [5.41, 5.74) is 4.49. The van der Waals surface area contributed by atoms with Gasteiger partial charge < -0.3 is 4.55 Å². The largest absolute Gasteiger partial charge is 0.760 e. The van der Waals surface area contributed by atoms with Crippen molar-refractivity contribution in [2.75, 3.05) is 0 Å². The van der Waals surface area contributed by atoms with Crippen molar-refractivity contribution in [3.8, 4) is 6.07 Å². The molecule has 170 valence electrons. The van der Waals surface area contributed by atoms with Crippen molar-refractivity contribution in [1.82, 2.24) is 14.7 Å². The molecule has 2 aromatic heterocycles. The van der Waals surface area contributed by atoms with Crippen molar-refractivity contribution < 1.29 is 13.2 Å². The first-order chi connectivity index (χ1) is 16.5. The van der Waals surface area contributed by atoms with Crippen LogP contribution in [0.25, 0.3) is 0 Å². The number of halogens is 1. The number of hydrogen-bond acceptors (Lipinski definition) is 5. The van der Waals surface area contributed by atoms with Gasteiger partial charge in [-0.25, -0.2) is 9.11 Å². The fourth-order valence-electron chi connectivity index (χ4n) is 4.01. The van der Waals surface area contributed by atoms with Crippen LogP contribution in [0.1, 0.15) is 45.5 Å². The predicted molar refractivity (Wildman–Crippen MR) is 125 cm³/mol. The van der Waals surface area contributed by atoms with E-state index in [2.05, 4.69) is 15.8 Å². The highest BCUT2D eigenvalue weighted by atomic mass is 32.2. The summed E-state index contributed by atoms with van der Waals surface area (Å²) in [6.45, 7) is 0.0501. The maximum Gasteiger partial charge on any atom is 0.123 e. The molecule has 34 heavy (non-hydrogen) atoms. The van der Waals surface area contributed by atoms with E-state index in [4.69, 9.17) is 4.98 Å². The van der Waals surface area contributed by atoms with Crippen LogP contribution in [0.4, 0.5) is 4.39 Å². The molecule has 2 unspecified atom stereocenters. The molecule has 1 N–H and O–H groups in total. The van der Waals surface area contributed by atoms with E-state index in [0.29, 0.717) is 17.0 Å². The first-order valence-electron chi connectivity index (χ1n) is 10.5. The number of rotatable bonds is 8. The lowest BCUT2D eigenvalue weighted by atomic mass is 9.75. The Morgan fingerprint density at radius 1 is 0.941 bits per heavy atom. The van der Waals surface area contributed by atoms with Crippen LogP contribution in [0.2, 0.25) is 0 Å². The summed E-state index contributed by atoms with van der Waals surface area (Å²) < 4.78 is 38.1. The van der Waals surface area contributed by atoms with Crippen LogP contribution in [0.5, 0.6) is 0 Å². The van der Waals surface area contributed by atoms with Crippen LogP contribution in [-0.4, -0.2) is 18.7 Å². The molecule has 0 spiro atoms. The van der Waals surface area contributed by atoms with Gasteiger partial charge in [0.1, 0.15) is 5.82 Å². The molecule has 0 saturated heterocycles. The maximum absolute atomic E-state index is 13.8. The van der Waals surface area contributed by atoms with Crippen LogP contribution >= 0.6 is 0 Å². The second-order valence-electron chi connectivity index (χ2n) is 7.64. The molecule has 4 rings (SSSR count). The van der Waals surface area contributed by atoms with Gasteiger partial charge in [-0.1, -0.05) is 36.4 Å². The normalized spacial score (nSPS) is 13.6. The first kappa shape index (κ1) is 23.4. The first-order valence-corrected chi connectivity index (χ1v) is 11.6. The van der Waals surface area contributed by atoms with Gasteiger partial charge in [0, 0.05) is 47.7 Å². The predicted octanol–water partition coefficient (Wildman–Crippen LogP) is 4.34. The zero-order valence-electron chi connectivity index (χ0n) is 18.0. The highest BCUT2D eigenvalue weighted by Gasteiger charge is 2.29. The fourth-order valence-corrected chi connectivity index (χ4v) is 4.27. The lowest BCUT2D eigenvalue weighted by Crippen LogP contribution is -2.19. The van der Waals surface area contributed by atoms with Gasteiger partial charge in [-0.2, -0.15) is 5.26 Å². The van der Waals surface area contributed by atoms with E-state index < -0.39 is 11.3 Å². The van der Waals surface area contributed by atoms with E-state index in [9.17, 15) is 18.4 Å². The maximum atomic E-state index is 13.8. The summed E-state index contributed by atoms with van der Waals surface area (Å²) in [5, 5.41) is 9.24. The minimum atomic E-state index is -2.41. The van der Waals surface area contributed by atoms with Crippen LogP contribution in [0.15, 0.2) is 91.3 Å². The molecule has 2 heterocycles. The second-order valence-corrected chi connectivity index (χ2v) is 8.39. The molecular weight excluding hydrogens is 451 g/mol. The Balaban J connectivity index is 1.89. The van der Waals surface area contributed by atoms with E-state index >= 15 is 0 Å². The third-order valence-electron chi connectivity index (χ3n) is 5.52. The van der Waals surface area contributed by atoms with Gasteiger partial charge in [0.05, 0.1) is 17.3 Å². The van der Waals surface area contributed by atoms with Crippen molar-refractivity contribution in [3.63, 3.8) is 0 Å². The molecule has 8 heteroatoms. The average molecular weight is 472 g/mol. The Morgan fingerprint density at radius 3 is 2.29 bits per heavy atom. The van der Waals surface area contributed by atoms with Gasteiger partial charge in [0.15, 0.2) is 0 Å². The molecular formula is C26H20FN4O2S-. The van der Waals surface area contributed by atoms with Crippen molar-refractivity contribution in [2.24, 2.45) is 0 Å². The standard InChI is InChI=1S/C26H21FN4O2S/c27-22-12-10-20(11-13-22)26(24-5-1-4-23(31-24)17-30-34(32)33)25(21-3-2-14-29-16-21)19-8-6-18(15-28)7-9-19/h1-14,16,25-26,30H,17H2,(H,32,33)/p-1/t25?,26-/m1/s1. The Bertz CT molecular complexity index is 1310. The third kappa shape index (κ3) is 5.58. The van der Waals surface area contributed by atoms with Crippen molar-refractivity contribution >= 4 is 11.3 Å². The summed E-state index contributed by atoms with van der Waals surface area (Å²) in [7, 11) is 0. The number of pyridine rings is 2. The number of nitrogens with one attached hydrogen (secondary N) is 1. The van der Waals surface area contributed by atoms with Gasteiger partial charge in [-0.3, -0.25) is 14.2 Å². The topological polar surface area (TPSA) is 102 Å². The van der Waals surface area contributed by atoms with Crippen molar-refractivity contribution in [1.29, 1.82) is 5.26 Å². The van der Waals surface area contributed by atoms with Crippen LogP contribution in [0.3, 0.4) is 0 Å². The summed E-state index contributed by atoms with van der Waals surface area (Å²) in [6.07, 6.45) is 3.48. The number of aromatic nitrogens is 2. The zero-order valence-corrected chi connectivity index (χ0v) is 18.8. The van der Waals surface area contributed by atoms with E-state index in [0.717, 1.165) is 16.7 Å². The van der Waals surface area contributed by atoms with Crippen LogP contribution < -0.4 is 4.72 Å². The average Bonchev–Trinajstić information content (AvgIpc) is 2.87. The van der Waals surface area contributed by atoms with Gasteiger partial charge in [-0.15, -0.1) is 0 Å². The molecule has 0 aliphatic rings. The van der Waals surface area contributed by atoms with Gasteiger partial charge >= 0.3 is 0 Å². The summed E-state index contributed by atoms with van der Waals surface area (Å²) >= 11 is -2.41. The molecule has 0 bridgehead atoms. The van der Waals surface area contributed by atoms with E-state index in [1.807, 2.05) is 36.4 Å². The van der Waals surface area contributed by atoms with Gasteiger partial charge in [-0.05, 0) is 59.2 Å². The number of benzene rings is 2. The summed E-state index contributed by atoms with van der Waals surface area (Å²) in [6, 6.07) is 25.0. The quantitative estimate of drug-likeness (QED) is 0.385. The highest BCUT2D eigenvalue weighted by Crippen LogP contribution is 2.42. The highest BCUT2D eigenvalue weighted by molar-refractivity contribution is 7.77. The smallest absolute Gasteiger partial charge is 0.123 e. The summed E-state index contributed by atoms with van der Waals surface area (Å²) in [5.74, 6) is -0.936. The third-order valence-corrected chi connectivity index (χ3v) is 5.90. The molecule has 0 saturated carbocycles. The van der Waals surface area contributed by atoms with Crippen molar-refractivity contribution in [3.05, 3.63) is 131 Å². The Morgan fingerprint density at radius 2 is 1.65 bits per heavy atom. The lowest BCUT2D eigenvalue weighted by Gasteiger charge is -2.29. The minimum Gasteiger partial charge on any atom is -0.760 e. The fraction of sp³-hybridized carbons (Fsp3) is 0.115. The summed E-state index contributed by atoms with van der Waals surface area (Å²) in [4.78, 5) is 9.05. The lowest BCUT2D eigenvalue weighted by molar-refractivity contribution is 0.521. The minimum absolute atomic E-state index is 0.0501. The molecule has 3 atom stereocenters. The van der Waals surface area contributed by atoms with E-state index in [1.165, 1.54) is 12.1 Å². The van der Waals surface area contributed by atoms with E-state index in [-0.39, 0.29) is 24.2 Å². The van der Waals surface area contributed by atoms with Gasteiger partial charge in [0.2, 0.25) is 0 Å². The van der Waals surface area contributed by atoms with Crippen molar-refractivity contribution in [2.45, 2.75) is 18.4 Å². The van der Waals surface area contributed by atoms with Crippen LogP contribution in [0, 0.1) is 17.1 Å². The molecule has 2 aromatic carbocycles. The Kier molecular flexibility index (Phi) is 7.50. The number of nitrogens with zero attached hydrogens (tertiary/aromatic N) is 3. The SMILES string of the molecule is N#Cc1ccc(C(c2cccnc2)[C@H](c2ccc(F)cc2)c2cccc(CNS(=O)[O-])n2)cc1. The number of hydrogen-bond donors (Lipinski definition) is 1. The number of nitriles is 1.